The standard InChI is InChI=1S/C9H8N2S/c10-9-6-12-5-8(9)7-1-3-11-4-2-7/h1-6H,10H2. The highest BCUT2D eigenvalue weighted by Gasteiger charge is 2.01. The fourth-order valence-corrected chi connectivity index (χ4v) is 1.82. The maximum atomic E-state index is 5.76. The molecular formula is C9H8N2S. The van der Waals surface area contributed by atoms with Gasteiger partial charge in [0, 0.05) is 28.7 Å². The van der Waals surface area contributed by atoms with Gasteiger partial charge in [-0.2, -0.15) is 0 Å². The van der Waals surface area contributed by atoms with Crippen LogP contribution < -0.4 is 5.73 Å². The lowest BCUT2D eigenvalue weighted by Gasteiger charge is -1.97. The van der Waals surface area contributed by atoms with Crippen molar-refractivity contribution in [1.82, 2.24) is 4.98 Å². The Kier molecular flexibility index (Phi) is 1.80. The van der Waals surface area contributed by atoms with Crippen molar-refractivity contribution >= 4 is 17.0 Å². The Morgan fingerprint density at radius 2 is 1.92 bits per heavy atom. The topological polar surface area (TPSA) is 38.9 Å². The van der Waals surface area contributed by atoms with Crippen LogP contribution in [0.4, 0.5) is 5.69 Å². The number of hydrogen-bond acceptors (Lipinski definition) is 3. The molecule has 0 saturated carbocycles. The Morgan fingerprint density at radius 3 is 2.50 bits per heavy atom. The van der Waals surface area contributed by atoms with Crippen molar-refractivity contribution in [2.75, 3.05) is 5.73 Å². The molecule has 0 fully saturated rings. The van der Waals surface area contributed by atoms with Crippen molar-refractivity contribution in [3.63, 3.8) is 0 Å². The molecule has 2 aromatic heterocycles. The molecule has 60 valence electrons. The first-order valence-corrected chi connectivity index (χ1v) is 4.54. The van der Waals surface area contributed by atoms with Crippen LogP contribution >= 0.6 is 11.3 Å². The van der Waals surface area contributed by atoms with Crippen molar-refractivity contribution in [2.24, 2.45) is 0 Å². The Labute approximate surface area is 74.7 Å². The zero-order chi connectivity index (χ0) is 8.39. The monoisotopic (exact) mass is 176 g/mol. The third kappa shape index (κ3) is 1.19. The van der Waals surface area contributed by atoms with Crippen molar-refractivity contribution < 1.29 is 0 Å². The SMILES string of the molecule is Nc1cscc1-c1ccncc1. The van der Waals surface area contributed by atoms with Gasteiger partial charge in [0.2, 0.25) is 0 Å². The average Bonchev–Trinajstić information content (AvgIpc) is 2.53. The first-order chi connectivity index (χ1) is 5.88. The van der Waals surface area contributed by atoms with Gasteiger partial charge in [0.1, 0.15) is 0 Å². The highest BCUT2D eigenvalue weighted by molar-refractivity contribution is 7.08. The largest absolute Gasteiger partial charge is 0.398 e. The highest BCUT2D eigenvalue weighted by atomic mass is 32.1. The second kappa shape index (κ2) is 2.95. The van der Waals surface area contributed by atoms with E-state index in [2.05, 4.69) is 4.98 Å². The van der Waals surface area contributed by atoms with Crippen LogP contribution in [0.25, 0.3) is 11.1 Å². The number of nitrogens with two attached hydrogens (primary N) is 1. The fourth-order valence-electron chi connectivity index (χ4n) is 1.07. The van der Waals surface area contributed by atoms with Crippen molar-refractivity contribution in [3.05, 3.63) is 35.3 Å². The molecule has 2 heterocycles. The second-order valence-corrected chi connectivity index (χ2v) is 3.22. The molecule has 3 heteroatoms. The lowest BCUT2D eigenvalue weighted by molar-refractivity contribution is 1.33. The summed E-state index contributed by atoms with van der Waals surface area (Å²) in [5.74, 6) is 0. The minimum absolute atomic E-state index is 0.839. The van der Waals surface area contributed by atoms with Gasteiger partial charge in [-0.15, -0.1) is 11.3 Å². The lowest BCUT2D eigenvalue weighted by atomic mass is 10.1. The first kappa shape index (κ1) is 7.31. The molecular weight excluding hydrogens is 168 g/mol. The average molecular weight is 176 g/mol. The number of thiophene rings is 1. The van der Waals surface area contributed by atoms with Gasteiger partial charge in [-0.1, -0.05) is 0 Å². The number of rotatable bonds is 1. The van der Waals surface area contributed by atoms with Crippen LogP contribution in [-0.4, -0.2) is 4.98 Å². The number of nitrogen functional groups attached to an aromatic ring is 1. The predicted octanol–water partition coefficient (Wildman–Crippen LogP) is 2.39. The summed E-state index contributed by atoms with van der Waals surface area (Å²) in [4.78, 5) is 3.95. The molecule has 0 spiro atoms. The zero-order valence-corrected chi connectivity index (χ0v) is 7.21. The quantitative estimate of drug-likeness (QED) is 0.724. The maximum Gasteiger partial charge on any atom is 0.0502 e. The summed E-state index contributed by atoms with van der Waals surface area (Å²) in [5, 5.41) is 3.99. The molecule has 0 atom stereocenters. The minimum Gasteiger partial charge on any atom is -0.398 e. The van der Waals surface area contributed by atoms with E-state index in [0.717, 1.165) is 16.8 Å². The molecule has 0 aliphatic carbocycles. The molecule has 2 N–H and O–H groups in total. The van der Waals surface area contributed by atoms with Gasteiger partial charge in [0.05, 0.1) is 5.69 Å². The summed E-state index contributed by atoms with van der Waals surface area (Å²) >= 11 is 1.62. The number of aromatic nitrogens is 1. The fraction of sp³-hybridized carbons (Fsp3) is 0. The summed E-state index contributed by atoms with van der Waals surface area (Å²) in [6.45, 7) is 0. The van der Waals surface area contributed by atoms with E-state index in [4.69, 9.17) is 5.73 Å². The Morgan fingerprint density at radius 1 is 1.17 bits per heavy atom. The zero-order valence-electron chi connectivity index (χ0n) is 6.40. The van der Waals surface area contributed by atoms with E-state index >= 15 is 0 Å². The predicted molar refractivity (Wildman–Crippen MR) is 52.0 cm³/mol. The Balaban J connectivity index is 2.51. The third-order valence-electron chi connectivity index (χ3n) is 1.68. The van der Waals surface area contributed by atoms with E-state index in [1.54, 1.807) is 23.7 Å². The van der Waals surface area contributed by atoms with Crippen molar-refractivity contribution in [1.29, 1.82) is 0 Å². The number of nitrogens with zero attached hydrogens (tertiary/aromatic N) is 1. The van der Waals surface area contributed by atoms with E-state index < -0.39 is 0 Å². The smallest absolute Gasteiger partial charge is 0.0502 e. The van der Waals surface area contributed by atoms with Crippen LogP contribution in [-0.2, 0) is 0 Å². The molecule has 2 aromatic rings. The summed E-state index contributed by atoms with van der Waals surface area (Å²) in [6.07, 6.45) is 3.54. The molecule has 2 nitrogen and oxygen atoms in total. The molecule has 12 heavy (non-hydrogen) atoms. The van der Waals surface area contributed by atoms with Crippen LogP contribution in [0, 0.1) is 0 Å². The van der Waals surface area contributed by atoms with Gasteiger partial charge in [-0.25, -0.2) is 0 Å². The highest BCUT2D eigenvalue weighted by Crippen LogP contribution is 2.28. The van der Waals surface area contributed by atoms with Gasteiger partial charge in [-0.3, -0.25) is 4.98 Å². The Bertz CT molecular complexity index is 367. The molecule has 0 aromatic carbocycles. The molecule has 0 saturated heterocycles. The van der Waals surface area contributed by atoms with Crippen molar-refractivity contribution in [2.45, 2.75) is 0 Å². The minimum atomic E-state index is 0.839. The van der Waals surface area contributed by atoms with Gasteiger partial charge in [-0.05, 0) is 17.7 Å². The number of pyridine rings is 1. The van der Waals surface area contributed by atoms with Crippen LogP contribution in [0.1, 0.15) is 0 Å². The molecule has 0 bridgehead atoms. The van der Waals surface area contributed by atoms with E-state index in [0.29, 0.717) is 0 Å². The maximum absolute atomic E-state index is 5.76. The summed E-state index contributed by atoms with van der Waals surface area (Å²) < 4.78 is 0. The molecule has 0 radical (unpaired) electrons. The first-order valence-electron chi connectivity index (χ1n) is 3.60. The third-order valence-corrected chi connectivity index (χ3v) is 2.45. The lowest BCUT2D eigenvalue weighted by Crippen LogP contribution is -1.84. The molecule has 0 aliphatic rings. The Hall–Kier alpha value is -1.35. The van der Waals surface area contributed by atoms with Crippen LogP contribution in [0.5, 0.6) is 0 Å². The van der Waals surface area contributed by atoms with E-state index in [1.807, 2.05) is 22.9 Å². The number of anilines is 1. The number of hydrogen-bond donors (Lipinski definition) is 1. The van der Waals surface area contributed by atoms with Gasteiger partial charge in [0.25, 0.3) is 0 Å². The van der Waals surface area contributed by atoms with Crippen molar-refractivity contribution in [3.8, 4) is 11.1 Å². The summed E-state index contributed by atoms with van der Waals surface area (Å²) in [7, 11) is 0. The molecule has 0 aliphatic heterocycles. The second-order valence-electron chi connectivity index (χ2n) is 2.48. The molecule has 0 unspecified atom stereocenters. The van der Waals surface area contributed by atoms with Crippen LogP contribution in [0.2, 0.25) is 0 Å². The summed E-state index contributed by atoms with van der Waals surface area (Å²) in [6, 6.07) is 3.91. The van der Waals surface area contributed by atoms with Gasteiger partial charge >= 0.3 is 0 Å². The molecule has 2 rings (SSSR count). The molecule has 0 amide bonds. The summed E-state index contributed by atoms with van der Waals surface area (Å²) in [5.41, 5.74) is 8.83. The van der Waals surface area contributed by atoms with Gasteiger partial charge < -0.3 is 5.73 Å². The van der Waals surface area contributed by atoms with E-state index in [1.165, 1.54) is 0 Å². The van der Waals surface area contributed by atoms with Crippen LogP contribution in [0.3, 0.4) is 0 Å². The van der Waals surface area contributed by atoms with E-state index in [-0.39, 0.29) is 0 Å². The normalized spacial score (nSPS) is 10.0. The van der Waals surface area contributed by atoms with E-state index in [9.17, 15) is 0 Å². The van der Waals surface area contributed by atoms with Crippen LogP contribution in [0.15, 0.2) is 35.3 Å². The van der Waals surface area contributed by atoms with Gasteiger partial charge in [0.15, 0.2) is 0 Å².